The highest BCUT2D eigenvalue weighted by Crippen LogP contribution is 2.22. The van der Waals surface area contributed by atoms with Crippen molar-refractivity contribution < 1.29 is 9.47 Å². The minimum Gasteiger partial charge on any atom is -0.382 e. The zero-order valence-corrected chi connectivity index (χ0v) is 14.7. The second-order valence-electron chi connectivity index (χ2n) is 6.07. The molecular formula is C16H26BrNO2. The molecule has 3 nitrogen and oxygen atoms in total. The van der Waals surface area contributed by atoms with E-state index in [9.17, 15) is 0 Å². The van der Waals surface area contributed by atoms with Gasteiger partial charge in [-0.3, -0.25) is 0 Å². The lowest BCUT2D eigenvalue weighted by Crippen LogP contribution is -2.39. The molecule has 0 radical (unpaired) electrons. The summed E-state index contributed by atoms with van der Waals surface area (Å²) < 4.78 is 12.3. The molecule has 1 N–H and O–H groups in total. The van der Waals surface area contributed by atoms with Crippen LogP contribution in [0.1, 0.15) is 39.4 Å². The van der Waals surface area contributed by atoms with E-state index in [1.54, 1.807) is 7.11 Å². The average Bonchev–Trinajstić information content (AvgIpc) is 2.35. The number of nitrogens with one attached hydrogen (secondary N) is 1. The summed E-state index contributed by atoms with van der Waals surface area (Å²) in [6.07, 6.45) is 0.0860. The molecule has 0 spiro atoms. The smallest absolute Gasteiger partial charge is 0.0954 e. The van der Waals surface area contributed by atoms with E-state index in [2.05, 4.69) is 54.2 Å². The number of hydrogen-bond donors (Lipinski definition) is 1. The van der Waals surface area contributed by atoms with Crippen LogP contribution in [0, 0.1) is 0 Å². The molecule has 0 bridgehead atoms. The third-order valence-electron chi connectivity index (χ3n) is 2.86. The average molecular weight is 344 g/mol. The van der Waals surface area contributed by atoms with Gasteiger partial charge in [-0.2, -0.15) is 0 Å². The summed E-state index contributed by atoms with van der Waals surface area (Å²) in [5.41, 5.74) is 1.24. The highest BCUT2D eigenvalue weighted by molar-refractivity contribution is 9.10. The molecule has 20 heavy (non-hydrogen) atoms. The van der Waals surface area contributed by atoms with E-state index >= 15 is 0 Å². The zero-order chi connectivity index (χ0) is 15.2. The van der Waals surface area contributed by atoms with Gasteiger partial charge in [-0.15, -0.1) is 0 Å². The van der Waals surface area contributed by atoms with Crippen molar-refractivity contribution in [2.75, 3.05) is 20.3 Å². The SMILES string of the molecule is COCC(C)OC(CNC(C)(C)C)c1ccc(Br)cc1. The fourth-order valence-electron chi connectivity index (χ4n) is 1.88. The van der Waals surface area contributed by atoms with E-state index in [1.165, 1.54) is 5.56 Å². The summed E-state index contributed by atoms with van der Waals surface area (Å²) >= 11 is 3.46. The van der Waals surface area contributed by atoms with E-state index in [4.69, 9.17) is 9.47 Å². The summed E-state index contributed by atoms with van der Waals surface area (Å²) in [6.45, 7) is 9.88. The van der Waals surface area contributed by atoms with Gasteiger partial charge in [0, 0.05) is 23.7 Å². The highest BCUT2D eigenvalue weighted by Gasteiger charge is 2.18. The number of rotatable bonds is 7. The van der Waals surface area contributed by atoms with Gasteiger partial charge < -0.3 is 14.8 Å². The summed E-state index contributed by atoms with van der Waals surface area (Å²) in [7, 11) is 1.70. The van der Waals surface area contributed by atoms with Crippen LogP contribution in [-0.4, -0.2) is 31.9 Å². The molecule has 0 aromatic heterocycles. The van der Waals surface area contributed by atoms with Crippen LogP contribution in [0.5, 0.6) is 0 Å². The van der Waals surface area contributed by atoms with Crippen LogP contribution >= 0.6 is 15.9 Å². The summed E-state index contributed by atoms with van der Waals surface area (Å²) in [4.78, 5) is 0. The van der Waals surface area contributed by atoms with Gasteiger partial charge in [-0.25, -0.2) is 0 Å². The van der Waals surface area contributed by atoms with Crippen LogP contribution in [0.4, 0.5) is 0 Å². The first-order valence-corrected chi connectivity index (χ1v) is 7.76. The lowest BCUT2D eigenvalue weighted by Gasteiger charge is -2.28. The van der Waals surface area contributed by atoms with Gasteiger partial charge in [0.2, 0.25) is 0 Å². The Bertz CT molecular complexity index is 386. The molecule has 0 fully saturated rings. The summed E-state index contributed by atoms with van der Waals surface area (Å²) in [6, 6.07) is 8.28. The molecular weight excluding hydrogens is 318 g/mol. The van der Waals surface area contributed by atoms with Gasteiger partial charge in [0.05, 0.1) is 18.8 Å². The quantitative estimate of drug-likeness (QED) is 0.813. The van der Waals surface area contributed by atoms with E-state index in [0.29, 0.717) is 6.61 Å². The second kappa shape index (κ2) is 8.13. The van der Waals surface area contributed by atoms with Crippen molar-refractivity contribution in [2.24, 2.45) is 0 Å². The molecule has 4 heteroatoms. The van der Waals surface area contributed by atoms with Gasteiger partial charge in [-0.1, -0.05) is 28.1 Å². The van der Waals surface area contributed by atoms with Crippen LogP contribution in [0.15, 0.2) is 28.7 Å². The molecule has 114 valence electrons. The summed E-state index contributed by atoms with van der Waals surface area (Å²) in [5.74, 6) is 0. The van der Waals surface area contributed by atoms with E-state index in [-0.39, 0.29) is 17.7 Å². The molecule has 2 unspecified atom stereocenters. The monoisotopic (exact) mass is 343 g/mol. The Balaban J connectivity index is 2.75. The molecule has 0 aliphatic rings. The van der Waals surface area contributed by atoms with Crippen LogP contribution < -0.4 is 5.32 Å². The Morgan fingerprint density at radius 2 is 1.80 bits per heavy atom. The maximum atomic E-state index is 6.11. The fraction of sp³-hybridized carbons (Fsp3) is 0.625. The van der Waals surface area contributed by atoms with Crippen molar-refractivity contribution in [3.63, 3.8) is 0 Å². The molecule has 0 aliphatic heterocycles. The molecule has 1 aromatic carbocycles. The first kappa shape index (κ1) is 17.6. The van der Waals surface area contributed by atoms with E-state index < -0.39 is 0 Å². The standard InChI is InChI=1S/C16H26BrNO2/c1-12(11-19-5)20-15(10-18-16(2,3)4)13-6-8-14(17)9-7-13/h6-9,12,15,18H,10-11H2,1-5H3. The molecule has 0 saturated carbocycles. The van der Waals surface area contributed by atoms with Crippen molar-refractivity contribution in [3.05, 3.63) is 34.3 Å². The summed E-state index contributed by atoms with van der Waals surface area (Å²) in [5, 5.41) is 3.50. The van der Waals surface area contributed by atoms with Crippen LogP contribution in [0.2, 0.25) is 0 Å². The van der Waals surface area contributed by atoms with E-state index in [1.807, 2.05) is 19.1 Å². The molecule has 2 atom stereocenters. The van der Waals surface area contributed by atoms with Gasteiger partial charge in [0.15, 0.2) is 0 Å². The predicted molar refractivity (Wildman–Crippen MR) is 87.1 cm³/mol. The Hall–Kier alpha value is -0.420. The van der Waals surface area contributed by atoms with Crippen molar-refractivity contribution in [3.8, 4) is 0 Å². The number of ether oxygens (including phenoxy) is 2. The third kappa shape index (κ3) is 6.84. The van der Waals surface area contributed by atoms with Crippen molar-refractivity contribution in [1.29, 1.82) is 0 Å². The molecule has 1 aromatic rings. The highest BCUT2D eigenvalue weighted by atomic mass is 79.9. The lowest BCUT2D eigenvalue weighted by molar-refractivity contribution is -0.0411. The van der Waals surface area contributed by atoms with Crippen molar-refractivity contribution in [2.45, 2.75) is 45.4 Å². The lowest BCUT2D eigenvalue weighted by atomic mass is 10.1. The molecule has 0 saturated heterocycles. The Kier molecular flexibility index (Phi) is 7.17. The van der Waals surface area contributed by atoms with Crippen molar-refractivity contribution >= 4 is 15.9 Å². The fourth-order valence-corrected chi connectivity index (χ4v) is 2.14. The maximum absolute atomic E-state index is 6.11. The zero-order valence-electron chi connectivity index (χ0n) is 13.1. The van der Waals surface area contributed by atoms with E-state index in [0.717, 1.165) is 11.0 Å². The number of hydrogen-bond acceptors (Lipinski definition) is 3. The Labute approximate surface area is 131 Å². The van der Waals surface area contributed by atoms with Crippen molar-refractivity contribution in [1.82, 2.24) is 5.32 Å². The maximum Gasteiger partial charge on any atom is 0.0954 e. The van der Waals surface area contributed by atoms with Gasteiger partial charge >= 0.3 is 0 Å². The third-order valence-corrected chi connectivity index (χ3v) is 3.39. The number of benzene rings is 1. The molecule has 0 aliphatic carbocycles. The largest absolute Gasteiger partial charge is 0.382 e. The first-order chi connectivity index (χ1) is 9.31. The number of methoxy groups -OCH3 is 1. The van der Waals surface area contributed by atoms with Crippen LogP contribution in [0.3, 0.4) is 0 Å². The van der Waals surface area contributed by atoms with Gasteiger partial charge in [-0.05, 0) is 45.4 Å². The van der Waals surface area contributed by atoms with Gasteiger partial charge in [0.1, 0.15) is 0 Å². The number of halogens is 1. The Morgan fingerprint density at radius 1 is 1.20 bits per heavy atom. The van der Waals surface area contributed by atoms with Gasteiger partial charge in [0.25, 0.3) is 0 Å². The first-order valence-electron chi connectivity index (χ1n) is 6.96. The topological polar surface area (TPSA) is 30.5 Å². The molecule has 1 rings (SSSR count). The predicted octanol–water partition coefficient (Wildman–Crippen LogP) is 3.93. The normalized spacial score (nSPS) is 15.1. The van der Waals surface area contributed by atoms with Crippen LogP contribution in [0.25, 0.3) is 0 Å². The minimum absolute atomic E-state index is 0.0208. The van der Waals surface area contributed by atoms with Crippen LogP contribution in [-0.2, 0) is 9.47 Å². The Morgan fingerprint density at radius 3 is 2.30 bits per heavy atom. The molecule has 0 amide bonds. The second-order valence-corrected chi connectivity index (χ2v) is 6.99. The minimum atomic E-state index is 0.0208. The molecule has 0 heterocycles.